The number of benzene rings is 1. The van der Waals surface area contributed by atoms with Gasteiger partial charge in [0.05, 0.1) is 24.3 Å². The SMILES string of the molecule is COc1c(NC2CCC(C(=O)O)CC2)cccc1C(N)=O. The zero-order chi connectivity index (χ0) is 15.4. The van der Waals surface area contributed by atoms with E-state index in [-0.39, 0.29) is 12.0 Å². The number of hydrogen-bond acceptors (Lipinski definition) is 4. The van der Waals surface area contributed by atoms with Gasteiger partial charge < -0.3 is 20.9 Å². The lowest BCUT2D eigenvalue weighted by atomic mass is 9.86. The van der Waals surface area contributed by atoms with Crippen LogP contribution in [-0.4, -0.2) is 30.1 Å². The molecule has 1 aliphatic carbocycles. The highest BCUT2D eigenvalue weighted by Crippen LogP contribution is 2.32. The molecule has 4 N–H and O–H groups in total. The molecule has 0 aromatic heterocycles. The van der Waals surface area contributed by atoms with Gasteiger partial charge in [-0.25, -0.2) is 0 Å². The van der Waals surface area contributed by atoms with Gasteiger partial charge in [0.25, 0.3) is 5.91 Å². The quantitative estimate of drug-likeness (QED) is 0.768. The number of rotatable bonds is 5. The molecule has 1 fully saturated rings. The van der Waals surface area contributed by atoms with Crippen molar-refractivity contribution in [2.75, 3.05) is 12.4 Å². The van der Waals surface area contributed by atoms with Crippen LogP contribution in [0.25, 0.3) is 0 Å². The van der Waals surface area contributed by atoms with Crippen molar-refractivity contribution in [3.05, 3.63) is 23.8 Å². The molecule has 0 heterocycles. The molecule has 0 radical (unpaired) electrons. The molecule has 1 amide bonds. The van der Waals surface area contributed by atoms with Crippen LogP contribution in [0.5, 0.6) is 5.75 Å². The molecule has 2 rings (SSSR count). The van der Waals surface area contributed by atoms with E-state index < -0.39 is 11.9 Å². The van der Waals surface area contributed by atoms with Crippen molar-refractivity contribution < 1.29 is 19.4 Å². The summed E-state index contributed by atoms with van der Waals surface area (Å²) in [5.74, 6) is -1.07. The minimum Gasteiger partial charge on any atom is -0.494 e. The summed E-state index contributed by atoms with van der Waals surface area (Å²) in [6, 6.07) is 5.37. The van der Waals surface area contributed by atoms with Crippen LogP contribution < -0.4 is 15.8 Å². The molecule has 21 heavy (non-hydrogen) atoms. The monoisotopic (exact) mass is 292 g/mol. The van der Waals surface area contributed by atoms with E-state index in [0.29, 0.717) is 29.8 Å². The Balaban J connectivity index is 2.09. The Hall–Kier alpha value is -2.24. The molecule has 0 atom stereocenters. The van der Waals surface area contributed by atoms with E-state index in [4.69, 9.17) is 15.6 Å². The summed E-state index contributed by atoms with van der Waals surface area (Å²) in [4.78, 5) is 22.3. The van der Waals surface area contributed by atoms with Crippen LogP contribution in [0.3, 0.4) is 0 Å². The number of nitrogens with two attached hydrogens (primary N) is 1. The topological polar surface area (TPSA) is 102 Å². The van der Waals surface area contributed by atoms with Crippen molar-refractivity contribution >= 4 is 17.6 Å². The number of hydrogen-bond donors (Lipinski definition) is 3. The van der Waals surface area contributed by atoms with Crippen molar-refractivity contribution in [3.63, 3.8) is 0 Å². The number of carbonyl (C=O) groups excluding carboxylic acids is 1. The van der Waals surface area contributed by atoms with E-state index in [0.717, 1.165) is 12.8 Å². The molecule has 6 nitrogen and oxygen atoms in total. The molecular weight excluding hydrogens is 272 g/mol. The molecule has 0 aliphatic heterocycles. The Bertz CT molecular complexity index is 536. The molecule has 1 aromatic carbocycles. The zero-order valence-corrected chi connectivity index (χ0v) is 12.0. The number of nitrogens with one attached hydrogen (secondary N) is 1. The van der Waals surface area contributed by atoms with E-state index in [1.54, 1.807) is 12.1 Å². The predicted octanol–water partition coefficient (Wildman–Crippen LogP) is 1.85. The third-order valence-electron chi connectivity index (χ3n) is 3.92. The van der Waals surface area contributed by atoms with Crippen molar-refractivity contribution in [3.8, 4) is 5.75 Å². The largest absolute Gasteiger partial charge is 0.494 e. The first-order chi connectivity index (χ1) is 10.0. The third kappa shape index (κ3) is 3.45. The number of aliphatic carboxylic acids is 1. The van der Waals surface area contributed by atoms with Crippen molar-refractivity contribution in [1.82, 2.24) is 0 Å². The molecule has 0 bridgehead atoms. The number of primary amides is 1. The number of amides is 1. The van der Waals surface area contributed by atoms with Gasteiger partial charge >= 0.3 is 5.97 Å². The maximum Gasteiger partial charge on any atom is 0.306 e. The fourth-order valence-electron chi connectivity index (χ4n) is 2.77. The highest BCUT2D eigenvalue weighted by atomic mass is 16.5. The van der Waals surface area contributed by atoms with Crippen molar-refractivity contribution in [2.45, 2.75) is 31.7 Å². The average molecular weight is 292 g/mol. The van der Waals surface area contributed by atoms with Crippen LogP contribution >= 0.6 is 0 Å². The number of para-hydroxylation sites is 1. The second-order valence-electron chi connectivity index (χ2n) is 5.28. The minimum atomic E-state index is -0.721. The van der Waals surface area contributed by atoms with Crippen LogP contribution in [-0.2, 0) is 4.79 Å². The molecular formula is C15H20N2O4. The minimum absolute atomic E-state index is 0.178. The highest BCUT2D eigenvalue weighted by molar-refractivity contribution is 5.97. The second-order valence-corrected chi connectivity index (χ2v) is 5.28. The van der Waals surface area contributed by atoms with Crippen LogP contribution in [0.4, 0.5) is 5.69 Å². The first-order valence-corrected chi connectivity index (χ1v) is 6.99. The fraction of sp³-hybridized carbons (Fsp3) is 0.467. The van der Waals surface area contributed by atoms with Crippen molar-refractivity contribution in [1.29, 1.82) is 0 Å². The molecule has 6 heteroatoms. The van der Waals surface area contributed by atoms with Gasteiger partial charge in [-0.2, -0.15) is 0 Å². The smallest absolute Gasteiger partial charge is 0.306 e. The Morgan fingerprint density at radius 1 is 1.29 bits per heavy atom. The van der Waals surface area contributed by atoms with Gasteiger partial charge in [0, 0.05) is 6.04 Å². The van der Waals surface area contributed by atoms with Gasteiger partial charge in [-0.3, -0.25) is 9.59 Å². The first kappa shape index (κ1) is 15.2. The molecule has 1 saturated carbocycles. The summed E-state index contributed by atoms with van der Waals surface area (Å²) in [7, 11) is 1.49. The summed E-state index contributed by atoms with van der Waals surface area (Å²) in [6.45, 7) is 0. The van der Waals surface area contributed by atoms with Crippen LogP contribution in [0.15, 0.2) is 18.2 Å². The van der Waals surface area contributed by atoms with Gasteiger partial charge in [0.2, 0.25) is 0 Å². The van der Waals surface area contributed by atoms with E-state index in [2.05, 4.69) is 5.32 Å². The lowest BCUT2D eigenvalue weighted by molar-refractivity contribution is -0.142. The standard InChI is InChI=1S/C15H20N2O4/c1-21-13-11(14(16)18)3-2-4-12(13)17-10-7-5-9(6-8-10)15(19)20/h2-4,9-10,17H,5-8H2,1H3,(H2,16,18)(H,19,20). The van der Waals surface area contributed by atoms with Gasteiger partial charge in [-0.05, 0) is 37.8 Å². The maximum atomic E-state index is 11.4. The summed E-state index contributed by atoms with van der Waals surface area (Å²) < 4.78 is 5.28. The Labute approximate surface area is 123 Å². The van der Waals surface area contributed by atoms with E-state index >= 15 is 0 Å². The van der Waals surface area contributed by atoms with E-state index in [1.165, 1.54) is 7.11 Å². The summed E-state index contributed by atoms with van der Waals surface area (Å²) in [5.41, 5.74) is 6.38. The van der Waals surface area contributed by atoms with Gasteiger partial charge in [-0.15, -0.1) is 0 Å². The lowest BCUT2D eigenvalue weighted by Crippen LogP contribution is -2.29. The zero-order valence-electron chi connectivity index (χ0n) is 12.0. The summed E-state index contributed by atoms with van der Waals surface area (Å²) >= 11 is 0. The Morgan fingerprint density at radius 3 is 2.48 bits per heavy atom. The fourth-order valence-corrected chi connectivity index (χ4v) is 2.77. The van der Waals surface area contributed by atoms with E-state index in [9.17, 15) is 9.59 Å². The summed E-state index contributed by atoms with van der Waals surface area (Å²) in [6.07, 6.45) is 2.87. The van der Waals surface area contributed by atoms with Gasteiger partial charge in [0.1, 0.15) is 0 Å². The first-order valence-electron chi connectivity index (χ1n) is 6.99. The number of anilines is 1. The molecule has 0 spiro atoms. The second kappa shape index (κ2) is 6.47. The van der Waals surface area contributed by atoms with E-state index in [1.807, 2.05) is 6.07 Å². The Morgan fingerprint density at radius 2 is 1.95 bits per heavy atom. The van der Waals surface area contributed by atoms with Crippen LogP contribution in [0, 0.1) is 5.92 Å². The molecule has 1 aromatic rings. The Kier molecular flexibility index (Phi) is 4.67. The number of carbonyl (C=O) groups is 2. The average Bonchev–Trinajstić information content (AvgIpc) is 2.47. The number of carboxylic acid groups (broad SMARTS) is 1. The number of methoxy groups -OCH3 is 1. The molecule has 0 unspecified atom stereocenters. The number of ether oxygens (including phenoxy) is 1. The normalized spacial score (nSPS) is 21.6. The predicted molar refractivity (Wildman–Crippen MR) is 78.5 cm³/mol. The summed E-state index contributed by atoms with van der Waals surface area (Å²) in [5, 5.41) is 12.3. The van der Waals surface area contributed by atoms with Crippen molar-refractivity contribution in [2.24, 2.45) is 11.7 Å². The van der Waals surface area contributed by atoms with Crippen LogP contribution in [0.1, 0.15) is 36.0 Å². The van der Waals surface area contributed by atoms with Crippen LogP contribution in [0.2, 0.25) is 0 Å². The van der Waals surface area contributed by atoms with Gasteiger partial charge in [0.15, 0.2) is 5.75 Å². The highest BCUT2D eigenvalue weighted by Gasteiger charge is 2.26. The number of carboxylic acids is 1. The van der Waals surface area contributed by atoms with Gasteiger partial charge in [-0.1, -0.05) is 6.07 Å². The lowest BCUT2D eigenvalue weighted by Gasteiger charge is -2.28. The maximum absolute atomic E-state index is 11.4. The molecule has 114 valence electrons. The molecule has 0 saturated heterocycles. The molecule has 1 aliphatic rings. The third-order valence-corrected chi connectivity index (χ3v) is 3.92.